The van der Waals surface area contributed by atoms with Gasteiger partial charge >= 0.3 is 5.97 Å². The maximum Gasteiger partial charge on any atom is 0.313 e. The Kier molecular flexibility index (Phi) is 3.32. The predicted molar refractivity (Wildman–Crippen MR) is 59.4 cm³/mol. The molecule has 0 bridgehead atoms. The van der Waals surface area contributed by atoms with Crippen molar-refractivity contribution >= 4 is 21.9 Å². The van der Waals surface area contributed by atoms with Crippen molar-refractivity contribution in [2.45, 2.75) is 25.7 Å². The molecule has 1 aromatic carbocycles. The van der Waals surface area contributed by atoms with Gasteiger partial charge in [0.25, 0.3) is 0 Å². The van der Waals surface area contributed by atoms with E-state index < -0.39 is 11.4 Å². The SMILES string of the molecule is CCC(C)(C(=O)O)c1cccc(Br)c1. The highest BCUT2D eigenvalue weighted by Gasteiger charge is 2.32. The zero-order chi connectivity index (χ0) is 10.8. The topological polar surface area (TPSA) is 37.3 Å². The Bertz CT molecular complexity index is 349. The van der Waals surface area contributed by atoms with Gasteiger partial charge in [-0.2, -0.15) is 0 Å². The number of halogens is 1. The molecule has 0 aliphatic rings. The van der Waals surface area contributed by atoms with Gasteiger partial charge in [0.15, 0.2) is 0 Å². The third kappa shape index (κ3) is 1.98. The van der Waals surface area contributed by atoms with Crippen molar-refractivity contribution in [1.29, 1.82) is 0 Å². The van der Waals surface area contributed by atoms with Crippen molar-refractivity contribution in [2.75, 3.05) is 0 Å². The molecule has 76 valence electrons. The van der Waals surface area contributed by atoms with Gasteiger partial charge in [0.05, 0.1) is 5.41 Å². The molecule has 0 aliphatic carbocycles. The lowest BCUT2D eigenvalue weighted by atomic mass is 9.80. The highest BCUT2D eigenvalue weighted by molar-refractivity contribution is 9.10. The zero-order valence-corrected chi connectivity index (χ0v) is 9.84. The van der Waals surface area contributed by atoms with E-state index in [1.165, 1.54) is 0 Å². The molecule has 1 unspecified atom stereocenters. The molecule has 1 N–H and O–H groups in total. The third-order valence-electron chi connectivity index (χ3n) is 2.64. The summed E-state index contributed by atoms with van der Waals surface area (Å²) in [6.45, 7) is 3.63. The van der Waals surface area contributed by atoms with Gasteiger partial charge in [0.1, 0.15) is 0 Å². The fourth-order valence-electron chi connectivity index (χ4n) is 1.31. The summed E-state index contributed by atoms with van der Waals surface area (Å²) in [6.07, 6.45) is 0.582. The molecule has 0 amide bonds. The normalized spacial score (nSPS) is 14.8. The van der Waals surface area contributed by atoms with Crippen molar-refractivity contribution in [2.24, 2.45) is 0 Å². The number of carbonyl (C=O) groups is 1. The van der Waals surface area contributed by atoms with E-state index in [1.807, 2.05) is 31.2 Å². The minimum absolute atomic E-state index is 0.582. The molecule has 0 saturated carbocycles. The molecule has 0 radical (unpaired) electrons. The molecule has 0 spiro atoms. The second kappa shape index (κ2) is 4.13. The molecule has 0 heterocycles. The maximum atomic E-state index is 11.1. The van der Waals surface area contributed by atoms with Crippen LogP contribution in [0.3, 0.4) is 0 Å². The molecular formula is C11H13BrO2. The van der Waals surface area contributed by atoms with E-state index in [-0.39, 0.29) is 0 Å². The van der Waals surface area contributed by atoms with Gasteiger partial charge in [-0.3, -0.25) is 4.79 Å². The lowest BCUT2D eigenvalue weighted by Gasteiger charge is -2.23. The Morgan fingerprint density at radius 3 is 2.64 bits per heavy atom. The van der Waals surface area contributed by atoms with E-state index in [0.29, 0.717) is 6.42 Å². The monoisotopic (exact) mass is 256 g/mol. The summed E-state index contributed by atoms with van der Waals surface area (Å²) in [6, 6.07) is 7.46. The van der Waals surface area contributed by atoms with Gasteiger partial charge in [0, 0.05) is 4.47 Å². The molecule has 1 aromatic rings. The van der Waals surface area contributed by atoms with E-state index in [1.54, 1.807) is 6.92 Å². The van der Waals surface area contributed by atoms with Crippen molar-refractivity contribution < 1.29 is 9.90 Å². The van der Waals surface area contributed by atoms with Crippen molar-refractivity contribution in [1.82, 2.24) is 0 Å². The van der Waals surface area contributed by atoms with Crippen LogP contribution < -0.4 is 0 Å². The largest absolute Gasteiger partial charge is 0.481 e. The summed E-state index contributed by atoms with van der Waals surface area (Å²) in [4.78, 5) is 11.1. The summed E-state index contributed by atoms with van der Waals surface area (Å²) < 4.78 is 0.913. The van der Waals surface area contributed by atoms with E-state index in [4.69, 9.17) is 5.11 Å². The Hall–Kier alpha value is -0.830. The van der Waals surface area contributed by atoms with E-state index in [2.05, 4.69) is 15.9 Å². The van der Waals surface area contributed by atoms with Crippen molar-refractivity contribution in [3.05, 3.63) is 34.3 Å². The molecule has 1 rings (SSSR count). The van der Waals surface area contributed by atoms with Crippen LogP contribution in [-0.4, -0.2) is 11.1 Å². The molecule has 0 saturated heterocycles. The fraction of sp³-hybridized carbons (Fsp3) is 0.364. The molecule has 0 aliphatic heterocycles. The summed E-state index contributed by atoms with van der Waals surface area (Å²) in [5, 5.41) is 9.16. The van der Waals surface area contributed by atoms with E-state index in [0.717, 1.165) is 10.0 Å². The van der Waals surface area contributed by atoms with Gasteiger partial charge < -0.3 is 5.11 Å². The fourth-order valence-corrected chi connectivity index (χ4v) is 1.71. The van der Waals surface area contributed by atoms with E-state index >= 15 is 0 Å². The summed E-state index contributed by atoms with van der Waals surface area (Å²) in [7, 11) is 0. The second-order valence-electron chi connectivity index (χ2n) is 3.50. The van der Waals surface area contributed by atoms with Crippen LogP contribution >= 0.6 is 15.9 Å². The quantitative estimate of drug-likeness (QED) is 0.902. The van der Waals surface area contributed by atoms with Crippen LogP contribution in [0.25, 0.3) is 0 Å². The van der Waals surface area contributed by atoms with Crippen LogP contribution in [0.4, 0.5) is 0 Å². The average molecular weight is 257 g/mol. The number of aliphatic carboxylic acids is 1. The molecule has 3 heteroatoms. The minimum atomic E-state index is -0.788. The Balaban J connectivity index is 3.19. The lowest BCUT2D eigenvalue weighted by molar-refractivity contribution is -0.143. The molecule has 14 heavy (non-hydrogen) atoms. The molecule has 1 atom stereocenters. The Morgan fingerprint density at radius 2 is 2.21 bits per heavy atom. The standard InChI is InChI=1S/C11H13BrO2/c1-3-11(2,10(13)14)8-5-4-6-9(12)7-8/h4-7H,3H2,1-2H3,(H,13,14). The van der Waals surface area contributed by atoms with Crippen molar-refractivity contribution in [3.63, 3.8) is 0 Å². The molecule has 2 nitrogen and oxygen atoms in total. The van der Waals surface area contributed by atoms with Gasteiger partial charge in [-0.15, -0.1) is 0 Å². The first-order chi connectivity index (χ1) is 6.50. The van der Waals surface area contributed by atoms with Crippen molar-refractivity contribution in [3.8, 4) is 0 Å². The average Bonchev–Trinajstić information content (AvgIpc) is 2.16. The number of hydrogen-bond donors (Lipinski definition) is 1. The van der Waals surface area contributed by atoms with Gasteiger partial charge in [-0.25, -0.2) is 0 Å². The van der Waals surface area contributed by atoms with E-state index in [9.17, 15) is 4.79 Å². The highest BCUT2D eigenvalue weighted by atomic mass is 79.9. The van der Waals surface area contributed by atoms with Crippen LogP contribution in [0.5, 0.6) is 0 Å². The molecular weight excluding hydrogens is 244 g/mol. The number of benzene rings is 1. The second-order valence-corrected chi connectivity index (χ2v) is 4.42. The van der Waals surface area contributed by atoms with Crippen LogP contribution in [-0.2, 0) is 10.2 Å². The predicted octanol–water partition coefficient (Wildman–Crippen LogP) is 3.20. The summed E-state index contributed by atoms with van der Waals surface area (Å²) >= 11 is 3.34. The van der Waals surface area contributed by atoms with Crippen LogP contribution in [0.15, 0.2) is 28.7 Å². The summed E-state index contributed by atoms with van der Waals surface area (Å²) in [5.41, 5.74) is 0.0472. The first-order valence-corrected chi connectivity index (χ1v) is 5.29. The lowest BCUT2D eigenvalue weighted by Crippen LogP contribution is -2.31. The van der Waals surface area contributed by atoms with Crippen LogP contribution in [0.1, 0.15) is 25.8 Å². The van der Waals surface area contributed by atoms with Gasteiger partial charge in [-0.05, 0) is 31.0 Å². The molecule has 0 aromatic heterocycles. The number of rotatable bonds is 3. The zero-order valence-electron chi connectivity index (χ0n) is 8.25. The first kappa shape index (κ1) is 11.2. The Morgan fingerprint density at radius 1 is 1.57 bits per heavy atom. The number of carboxylic acids is 1. The maximum absolute atomic E-state index is 11.1. The third-order valence-corrected chi connectivity index (χ3v) is 3.13. The molecule has 0 fully saturated rings. The summed E-state index contributed by atoms with van der Waals surface area (Å²) in [5.74, 6) is -0.780. The van der Waals surface area contributed by atoms with Gasteiger partial charge in [-0.1, -0.05) is 35.0 Å². The Labute approximate surface area is 92.1 Å². The minimum Gasteiger partial charge on any atom is -0.481 e. The van der Waals surface area contributed by atoms with Gasteiger partial charge in [0.2, 0.25) is 0 Å². The number of hydrogen-bond acceptors (Lipinski definition) is 1. The van der Waals surface area contributed by atoms with Crippen LogP contribution in [0, 0.1) is 0 Å². The van der Waals surface area contributed by atoms with Crippen LogP contribution in [0.2, 0.25) is 0 Å². The highest BCUT2D eigenvalue weighted by Crippen LogP contribution is 2.29. The smallest absolute Gasteiger partial charge is 0.313 e. The number of carboxylic acid groups (broad SMARTS) is 1. The first-order valence-electron chi connectivity index (χ1n) is 4.50.